The summed E-state index contributed by atoms with van der Waals surface area (Å²) in [6.07, 6.45) is 0. The fourth-order valence-corrected chi connectivity index (χ4v) is 3.47. The molecule has 0 bridgehead atoms. The quantitative estimate of drug-likeness (QED) is 0.756. The molecular formula is C12H17N3O3S2. The molecule has 4 N–H and O–H groups in total. The van der Waals surface area contributed by atoms with Crippen LogP contribution >= 0.6 is 11.8 Å². The molecule has 0 aromatic heterocycles. The van der Waals surface area contributed by atoms with Crippen LogP contribution in [0.1, 0.15) is 11.1 Å². The van der Waals surface area contributed by atoms with Gasteiger partial charge >= 0.3 is 0 Å². The van der Waals surface area contributed by atoms with E-state index in [-0.39, 0.29) is 16.8 Å². The fraction of sp³-hybridized carbons (Fsp3) is 0.417. The van der Waals surface area contributed by atoms with Crippen LogP contribution in [0.25, 0.3) is 0 Å². The van der Waals surface area contributed by atoms with Gasteiger partial charge in [-0.3, -0.25) is 10.1 Å². The average Bonchev–Trinajstić information content (AvgIpc) is 2.87. The molecule has 8 heteroatoms. The van der Waals surface area contributed by atoms with Gasteiger partial charge in [-0.1, -0.05) is 0 Å². The lowest BCUT2D eigenvalue weighted by atomic mass is 10.1. The van der Waals surface area contributed by atoms with Gasteiger partial charge in [0, 0.05) is 17.3 Å². The molecule has 2 rings (SSSR count). The molecule has 1 aliphatic rings. The Morgan fingerprint density at radius 3 is 2.70 bits per heavy atom. The third kappa shape index (κ3) is 3.32. The monoisotopic (exact) mass is 315 g/mol. The number of amides is 1. The van der Waals surface area contributed by atoms with Crippen molar-refractivity contribution >= 4 is 33.4 Å². The summed E-state index contributed by atoms with van der Waals surface area (Å²) in [5.41, 5.74) is 2.08. The van der Waals surface area contributed by atoms with Crippen molar-refractivity contribution in [2.24, 2.45) is 5.14 Å². The number of anilines is 1. The predicted octanol–water partition coefficient (Wildman–Crippen LogP) is 0.552. The van der Waals surface area contributed by atoms with Crippen LogP contribution in [0.2, 0.25) is 0 Å². The molecule has 0 aliphatic carbocycles. The van der Waals surface area contributed by atoms with E-state index in [0.29, 0.717) is 11.4 Å². The Balaban J connectivity index is 2.31. The zero-order chi connectivity index (χ0) is 14.9. The van der Waals surface area contributed by atoms with Crippen LogP contribution in [-0.2, 0) is 14.8 Å². The number of carbonyl (C=O) groups excluding carboxylic acids is 1. The van der Waals surface area contributed by atoms with Gasteiger partial charge in [0.2, 0.25) is 15.9 Å². The standard InChI is InChI=1S/C12H17N3O3S2/c1-7-3-9(20(13,17)18)4-10(8(7)2)15-12(16)11-5-19-6-14-11/h3-4,11,14H,5-6H2,1-2H3,(H,15,16)(H2,13,17,18)/t11-/m0/s1. The molecule has 1 aromatic carbocycles. The van der Waals surface area contributed by atoms with Crippen LogP contribution in [0.15, 0.2) is 17.0 Å². The first-order valence-corrected chi connectivity index (χ1v) is 8.75. The van der Waals surface area contributed by atoms with E-state index in [1.165, 1.54) is 12.1 Å². The van der Waals surface area contributed by atoms with Crippen LogP contribution in [0.3, 0.4) is 0 Å². The Kier molecular flexibility index (Phi) is 4.38. The number of primary sulfonamides is 1. The minimum Gasteiger partial charge on any atom is -0.324 e. The Bertz CT molecular complexity index is 638. The molecule has 0 saturated carbocycles. The summed E-state index contributed by atoms with van der Waals surface area (Å²) in [6, 6.07) is 2.65. The summed E-state index contributed by atoms with van der Waals surface area (Å²) in [6.45, 7) is 3.61. The number of nitrogens with one attached hydrogen (secondary N) is 2. The fourth-order valence-electron chi connectivity index (χ4n) is 1.90. The van der Waals surface area contributed by atoms with E-state index in [1.54, 1.807) is 18.7 Å². The molecule has 1 amide bonds. The Labute approximate surface area is 122 Å². The summed E-state index contributed by atoms with van der Waals surface area (Å²) in [7, 11) is -3.79. The average molecular weight is 315 g/mol. The lowest BCUT2D eigenvalue weighted by Gasteiger charge is -2.15. The van der Waals surface area contributed by atoms with Crippen LogP contribution in [0, 0.1) is 13.8 Å². The molecule has 1 aromatic rings. The van der Waals surface area contributed by atoms with Crippen LogP contribution in [-0.4, -0.2) is 32.0 Å². The highest BCUT2D eigenvalue weighted by atomic mass is 32.2. The van der Waals surface area contributed by atoms with Crippen molar-refractivity contribution in [1.82, 2.24) is 5.32 Å². The lowest BCUT2D eigenvalue weighted by molar-refractivity contribution is -0.117. The van der Waals surface area contributed by atoms with Crippen LogP contribution in [0.4, 0.5) is 5.69 Å². The summed E-state index contributed by atoms with van der Waals surface area (Å²) in [4.78, 5) is 12.1. The second-order valence-electron chi connectivity index (χ2n) is 4.72. The summed E-state index contributed by atoms with van der Waals surface area (Å²) in [5, 5.41) is 11.0. The molecule has 1 heterocycles. The molecule has 0 spiro atoms. The van der Waals surface area contributed by atoms with Crippen molar-refractivity contribution in [1.29, 1.82) is 0 Å². The van der Waals surface area contributed by atoms with Crippen molar-refractivity contribution in [2.45, 2.75) is 24.8 Å². The first-order valence-electron chi connectivity index (χ1n) is 6.05. The molecule has 1 atom stereocenters. The predicted molar refractivity (Wildman–Crippen MR) is 80.2 cm³/mol. The number of rotatable bonds is 3. The highest BCUT2D eigenvalue weighted by Crippen LogP contribution is 2.24. The van der Waals surface area contributed by atoms with Crippen molar-refractivity contribution < 1.29 is 13.2 Å². The molecule has 1 saturated heterocycles. The highest BCUT2D eigenvalue weighted by molar-refractivity contribution is 7.99. The second-order valence-corrected chi connectivity index (χ2v) is 7.31. The van der Waals surface area contributed by atoms with E-state index in [4.69, 9.17) is 5.14 Å². The number of hydrogen-bond acceptors (Lipinski definition) is 5. The molecule has 0 unspecified atom stereocenters. The first kappa shape index (κ1) is 15.3. The summed E-state index contributed by atoms with van der Waals surface area (Å²) < 4.78 is 22.9. The Morgan fingerprint density at radius 2 is 2.15 bits per heavy atom. The molecule has 110 valence electrons. The number of hydrogen-bond donors (Lipinski definition) is 3. The van der Waals surface area contributed by atoms with Crippen molar-refractivity contribution in [3.05, 3.63) is 23.3 Å². The third-order valence-electron chi connectivity index (χ3n) is 3.26. The Morgan fingerprint density at radius 1 is 1.45 bits per heavy atom. The molecule has 20 heavy (non-hydrogen) atoms. The topological polar surface area (TPSA) is 101 Å². The third-order valence-corrected chi connectivity index (χ3v) is 5.09. The van der Waals surface area contributed by atoms with Gasteiger partial charge in [-0.25, -0.2) is 13.6 Å². The minimum absolute atomic E-state index is 0.00431. The molecule has 0 radical (unpaired) electrons. The number of benzene rings is 1. The number of nitrogens with two attached hydrogens (primary N) is 1. The van der Waals surface area contributed by atoms with Gasteiger partial charge in [0.15, 0.2) is 0 Å². The van der Waals surface area contributed by atoms with Gasteiger partial charge in [0.1, 0.15) is 0 Å². The minimum atomic E-state index is -3.79. The maximum atomic E-state index is 12.1. The molecule has 1 fully saturated rings. The second kappa shape index (κ2) is 5.72. The van der Waals surface area contributed by atoms with Crippen LogP contribution < -0.4 is 15.8 Å². The number of sulfonamides is 1. The molecule has 1 aliphatic heterocycles. The van der Waals surface area contributed by atoms with Crippen LogP contribution in [0.5, 0.6) is 0 Å². The van der Waals surface area contributed by atoms with E-state index in [9.17, 15) is 13.2 Å². The number of aryl methyl sites for hydroxylation is 1. The molecular weight excluding hydrogens is 298 g/mol. The van der Waals surface area contributed by atoms with Gasteiger partial charge in [-0.05, 0) is 37.1 Å². The van der Waals surface area contributed by atoms with Gasteiger partial charge in [0.25, 0.3) is 0 Å². The van der Waals surface area contributed by atoms with E-state index in [2.05, 4.69) is 10.6 Å². The number of thioether (sulfide) groups is 1. The zero-order valence-electron chi connectivity index (χ0n) is 11.3. The largest absolute Gasteiger partial charge is 0.324 e. The first-order chi connectivity index (χ1) is 9.29. The van der Waals surface area contributed by atoms with Gasteiger partial charge in [-0.2, -0.15) is 0 Å². The van der Waals surface area contributed by atoms with E-state index in [0.717, 1.165) is 17.0 Å². The van der Waals surface area contributed by atoms with E-state index in [1.807, 2.05) is 6.92 Å². The van der Waals surface area contributed by atoms with E-state index >= 15 is 0 Å². The van der Waals surface area contributed by atoms with Gasteiger partial charge in [-0.15, -0.1) is 11.8 Å². The van der Waals surface area contributed by atoms with Crippen molar-refractivity contribution in [3.63, 3.8) is 0 Å². The zero-order valence-corrected chi connectivity index (χ0v) is 12.9. The lowest BCUT2D eigenvalue weighted by Crippen LogP contribution is -2.37. The SMILES string of the molecule is Cc1cc(S(N)(=O)=O)cc(NC(=O)[C@@H]2CSCN2)c1C. The summed E-state index contributed by atoms with van der Waals surface area (Å²) >= 11 is 1.65. The maximum Gasteiger partial charge on any atom is 0.242 e. The van der Waals surface area contributed by atoms with E-state index < -0.39 is 10.0 Å². The van der Waals surface area contributed by atoms with Crippen molar-refractivity contribution in [2.75, 3.05) is 16.9 Å². The molecule has 6 nitrogen and oxygen atoms in total. The van der Waals surface area contributed by atoms with Gasteiger partial charge < -0.3 is 5.32 Å². The Hall–Kier alpha value is -1.09. The van der Waals surface area contributed by atoms with Crippen molar-refractivity contribution in [3.8, 4) is 0 Å². The normalized spacial score (nSPS) is 19.1. The smallest absolute Gasteiger partial charge is 0.242 e. The summed E-state index contributed by atoms with van der Waals surface area (Å²) in [5.74, 6) is 1.29. The highest BCUT2D eigenvalue weighted by Gasteiger charge is 2.23. The number of carbonyl (C=O) groups is 1. The maximum absolute atomic E-state index is 12.1. The van der Waals surface area contributed by atoms with Gasteiger partial charge in [0.05, 0.1) is 10.9 Å².